The monoisotopic (exact) mass is 399 g/mol. The van der Waals surface area contributed by atoms with Crippen molar-refractivity contribution in [1.29, 1.82) is 0 Å². The van der Waals surface area contributed by atoms with Crippen LogP contribution >= 0.6 is 0 Å². The average Bonchev–Trinajstić information content (AvgIpc) is 2.76. The Morgan fingerprint density at radius 1 is 0.966 bits per heavy atom. The van der Waals surface area contributed by atoms with E-state index in [9.17, 15) is 14.4 Å². The zero-order valence-corrected chi connectivity index (χ0v) is 16.5. The highest BCUT2D eigenvalue weighted by Crippen LogP contribution is 2.21. The first-order chi connectivity index (χ1) is 14.1. The Hall–Kier alpha value is -3.09. The SMILES string of the molecule is CCOC(=O)C1CCN(C(=O)COC(=O)COc2ccc3ccccc3c2)CC1. The number of benzene rings is 2. The van der Waals surface area contributed by atoms with Gasteiger partial charge in [-0.3, -0.25) is 9.59 Å². The number of piperidine rings is 1. The fourth-order valence-corrected chi connectivity index (χ4v) is 3.30. The average molecular weight is 399 g/mol. The zero-order valence-electron chi connectivity index (χ0n) is 16.5. The van der Waals surface area contributed by atoms with Crippen LogP contribution in [0.4, 0.5) is 0 Å². The lowest BCUT2D eigenvalue weighted by Gasteiger charge is -2.30. The number of hydrogen-bond acceptors (Lipinski definition) is 6. The summed E-state index contributed by atoms with van der Waals surface area (Å²) in [6, 6.07) is 13.4. The number of hydrogen-bond donors (Lipinski definition) is 0. The summed E-state index contributed by atoms with van der Waals surface area (Å²) in [6.45, 7) is 2.44. The molecule has 0 bridgehead atoms. The molecule has 1 amide bonds. The minimum absolute atomic E-state index is 0.170. The van der Waals surface area contributed by atoms with E-state index in [-0.39, 0.29) is 31.0 Å². The highest BCUT2D eigenvalue weighted by atomic mass is 16.6. The summed E-state index contributed by atoms with van der Waals surface area (Å²) in [5, 5.41) is 2.10. The molecule has 1 aliphatic rings. The number of rotatable bonds is 7. The van der Waals surface area contributed by atoms with Gasteiger partial charge in [-0.05, 0) is 42.7 Å². The lowest BCUT2D eigenvalue weighted by molar-refractivity contribution is -0.155. The highest BCUT2D eigenvalue weighted by Gasteiger charge is 2.28. The van der Waals surface area contributed by atoms with Crippen LogP contribution in [0.1, 0.15) is 19.8 Å². The lowest BCUT2D eigenvalue weighted by atomic mass is 9.97. The fraction of sp³-hybridized carbons (Fsp3) is 0.409. The van der Waals surface area contributed by atoms with Crippen molar-refractivity contribution in [2.24, 2.45) is 5.92 Å². The second-order valence-corrected chi connectivity index (χ2v) is 6.87. The van der Waals surface area contributed by atoms with Crippen molar-refractivity contribution in [2.45, 2.75) is 19.8 Å². The predicted molar refractivity (Wildman–Crippen MR) is 106 cm³/mol. The summed E-state index contributed by atoms with van der Waals surface area (Å²) in [6.07, 6.45) is 1.12. The van der Waals surface area contributed by atoms with Crippen LogP contribution in [0, 0.1) is 5.92 Å². The third kappa shape index (κ3) is 5.70. The predicted octanol–water partition coefficient (Wildman–Crippen LogP) is 2.56. The Labute approximate surface area is 169 Å². The van der Waals surface area contributed by atoms with Gasteiger partial charge in [0.2, 0.25) is 0 Å². The summed E-state index contributed by atoms with van der Waals surface area (Å²) >= 11 is 0. The summed E-state index contributed by atoms with van der Waals surface area (Å²) in [4.78, 5) is 37.5. The molecule has 1 heterocycles. The number of carbonyl (C=O) groups excluding carboxylic acids is 3. The van der Waals surface area contributed by atoms with Gasteiger partial charge in [0.1, 0.15) is 5.75 Å². The molecule has 0 unspecified atom stereocenters. The fourth-order valence-electron chi connectivity index (χ4n) is 3.30. The molecule has 154 valence electrons. The minimum atomic E-state index is -0.604. The number of likely N-dealkylation sites (tertiary alicyclic amines) is 1. The van der Waals surface area contributed by atoms with E-state index in [1.54, 1.807) is 17.9 Å². The van der Waals surface area contributed by atoms with E-state index in [1.807, 2.05) is 36.4 Å². The van der Waals surface area contributed by atoms with Gasteiger partial charge in [-0.15, -0.1) is 0 Å². The number of ether oxygens (including phenoxy) is 3. The molecular formula is C22H25NO6. The summed E-state index contributed by atoms with van der Waals surface area (Å²) in [5.74, 6) is -0.693. The van der Waals surface area contributed by atoms with E-state index in [0.29, 0.717) is 38.3 Å². The minimum Gasteiger partial charge on any atom is -0.482 e. The molecule has 1 saturated heterocycles. The third-order valence-electron chi connectivity index (χ3n) is 4.90. The third-order valence-corrected chi connectivity index (χ3v) is 4.90. The van der Waals surface area contributed by atoms with Gasteiger partial charge in [0.05, 0.1) is 12.5 Å². The molecule has 0 aromatic heterocycles. The van der Waals surface area contributed by atoms with Crippen molar-refractivity contribution in [3.8, 4) is 5.75 Å². The molecule has 7 nitrogen and oxygen atoms in total. The molecule has 29 heavy (non-hydrogen) atoms. The first kappa shape index (κ1) is 20.6. The Balaban J connectivity index is 1.39. The van der Waals surface area contributed by atoms with Gasteiger partial charge >= 0.3 is 11.9 Å². The second-order valence-electron chi connectivity index (χ2n) is 6.87. The summed E-state index contributed by atoms with van der Waals surface area (Å²) < 4.78 is 15.5. The molecule has 0 radical (unpaired) electrons. The summed E-state index contributed by atoms with van der Waals surface area (Å²) in [5.41, 5.74) is 0. The zero-order chi connectivity index (χ0) is 20.6. The van der Waals surface area contributed by atoms with Crippen molar-refractivity contribution in [2.75, 3.05) is 32.9 Å². The van der Waals surface area contributed by atoms with Gasteiger partial charge in [-0.2, -0.15) is 0 Å². The van der Waals surface area contributed by atoms with E-state index in [1.165, 1.54) is 0 Å². The van der Waals surface area contributed by atoms with Gasteiger partial charge in [0.15, 0.2) is 13.2 Å². The van der Waals surface area contributed by atoms with Crippen LogP contribution in [0.3, 0.4) is 0 Å². The van der Waals surface area contributed by atoms with E-state index < -0.39 is 5.97 Å². The summed E-state index contributed by atoms with van der Waals surface area (Å²) in [7, 11) is 0. The Kier molecular flexibility index (Phi) is 7.05. The Bertz CT molecular complexity index is 872. The van der Waals surface area contributed by atoms with Crippen molar-refractivity contribution in [3.05, 3.63) is 42.5 Å². The van der Waals surface area contributed by atoms with Crippen molar-refractivity contribution >= 4 is 28.6 Å². The first-order valence-corrected chi connectivity index (χ1v) is 9.78. The van der Waals surface area contributed by atoms with Crippen LogP contribution in [0.2, 0.25) is 0 Å². The van der Waals surface area contributed by atoms with E-state index in [0.717, 1.165) is 10.8 Å². The number of carbonyl (C=O) groups is 3. The topological polar surface area (TPSA) is 82.1 Å². The van der Waals surface area contributed by atoms with Gasteiger partial charge < -0.3 is 19.1 Å². The largest absolute Gasteiger partial charge is 0.482 e. The lowest BCUT2D eigenvalue weighted by Crippen LogP contribution is -2.42. The molecule has 0 spiro atoms. The molecule has 7 heteroatoms. The molecule has 1 aliphatic heterocycles. The van der Waals surface area contributed by atoms with Crippen LogP contribution in [0.15, 0.2) is 42.5 Å². The second kappa shape index (κ2) is 9.91. The molecule has 0 atom stereocenters. The number of fused-ring (bicyclic) bond motifs is 1. The van der Waals surface area contributed by atoms with Crippen molar-refractivity contribution < 1.29 is 28.6 Å². The smallest absolute Gasteiger partial charge is 0.344 e. The van der Waals surface area contributed by atoms with Crippen molar-refractivity contribution in [1.82, 2.24) is 4.90 Å². The molecule has 2 aromatic rings. The van der Waals surface area contributed by atoms with Crippen LogP contribution in [-0.2, 0) is 23.9 Å². The first-order valence-electron chi connectivity index (χ1n) is 9.78. The van der Waals surface area contributed by atoms with Crippen LogP contribution in [0.5, 0.6) is 5.75 Å². The standard InChI is InChI=1S/C22H25NO6/c1-2-27-22(26)17-9-11-23(12-10-17)20(24)14-29-21(25)15-28-19-8-7-16-5-3-4-6-18(16)13-19/h3-8,13,17H,2,9-12,14-15H2,1H3. The molecule has 0 aliphatic carbocycles. The molecule has 0 saturated carbocycles. The highest BCUT2D eigenvalue weighted by molar-refractivity contribution is 5.84. The van der Waals surface area contributed by atoms with Gasteiger partial charge in [-0.25, -0.2) is 4.79 Å². The van der Waals surface area contributed by atoms with Gasteiger partial charge in [0, 0.05) is 13.1 Å². The van der Waals surface area contributed by atoms with Crippen LogP contribution < -0.4 is 4.74 Å². The molecule has 1 fully saturated rings. The molecule has 0 N–H and O–H groups in total. The maximum absolute atomic E-state index is 12.2. The quantitative estimate of drug-likeness (QED) is 0.666. The Morgan fingerprint density at radius 2 is 1.69 bits per heavy atom. The van der Waals surface area contributed by atoms with Crippen molar-refractivity contribution in [3.63, 3.8) is 0 Å². The van der Waals surface area contributed by atoms with E-state index in [2.05, 4.69) is 0 Å². The molecule has 3 rings (SSSR count). The molecule has 2 aromatic carbocycles. The maximum atomic E-state index is 12.2. The maximum Gasteiger partial charge on any atom is 0.344 e. The van der Waals surface area contributed by atoms with Gasteiger partial charge in [0.25, 0.3) is 5.91 Å². The van der Waals surface area contributed by atoms with E-state index >= 15 is 0 Å². The number of amides is 1. The van der Waals surface area contributed by atoms with Gasteiger partial charge in [-0.1, -0.05) is 30.3 Å². The Morgan fingerprint density at radius 3 is 2.41 bits per heavy atom. The van der Waals surface area contributed by atoms with E-state index in [4.69, 9.17) is 14.2 Å². The molecular weight excluding hydrogens is 374 g/mol. The van der Waals surface area contributed by atoms with Crippen LogP contribution in [0.25, 0.3) is 10.8 Å². The number of esters is 2. The number of nitrogens with zero attached hydrogens (tertiary/aromatic N) is 1. The van der Waals surface area contributed by atoms with Crippen LogP contribution in [-0.4, -0.2) is 55.7 Å². The normalized spacial score (nSPS) is 14.4.